The molecule has 4 heterocycles. The highest BCUT2D eigenvalue weighted by molar-refractivity contribution is 6.00. The highest BCUT2D eigenvalue weighted by atomic mass is 16.6. The Morgan fingerprint density at radius 1 is 0.577 bits per heavy atom. The average molecular weight is 713 g/mol. The summed E-state index contributed by atoms with van der Waals surface area (Å²) in [4.78, 5) is 81.7. The molecule has 0 unspecified atom stereocenters. The van der Waals surface area contributed by atoms with E-state index in [-0.39, 0.29) is 62.3 Å². The molecule has 52 heavy (non-hydrogen) atoms. The van der Waals surface area contributed by atoms with Crippen molar-refractivity contribution in [2.24, 2.45) is 0 Å². The van der Waals surface area contributed by atoms with E-state index in [2.05, 4.69) is 10.6 Å². The third kappa shape index (κ3) is 7.52. The van der Waals surface area contributed by atoms with Crippen LogP contribution in [0, 0.1) is 0 Å². The fourth-order valence-corrected chi connectivity index (χ4v) is 6.30. The molecule has 4 fully saturated rings. The van der Waals surface area contributed by atoms with Gasteiger partial charge >= 0.3 is 12.2 Å². The molecule has 16 heteroatoms. The van der Waals surface area contributed by atoms with Crippen LogP contribution in [0.2, 0.25) is 0 Å². The van der Waals surface area contributed by atoms with Crippen molar-refractivity contribution in [3.63, 3.8) is 0 Å². The number of carbonyl (C=O) groups is 6. The van der Waals surface area contributed by atoms with E-state index in [1.165, 1.54) is 15.9 Å². The molecule has 0 aromatic heterocycles. The summed E-state index contributed by atoms with van der Waals surface area (Å²) in [6, 6.07) is 20.2. The fraction of sp³-hybridized carbons (Fsp3) is 0.333. The molecule has 0 bridgehead atoms. The van der Waals surface area contributed by atoms with E-state index in [9.17, 15) is 28.8 Å². The lowest BCUT2D eigenvalue weighted by Crippen LogP contribution is -2.41. The molecule has 6 amide bonds. The van der Waals surface area contributed by atoms with Crippen molar-refractivity contribution in [2.75, 3.05) is 85.3 Å². The standard InChI is InChI=1S/C36H36N6O10/c43-31-21-49-14-12-39(31)25-4-8-27(9-5-25)41-19-29(51-35(41)47)17-37-33(45)23-2-1-3-24(16-23)34(46)38-18-30-20-42(36(48)52-30)28-10-6-26(7-11-28)40-13-15-50-22-32(40)44/h1-11,16,29-30H,12-15,17-22H2,(H,37,45)(H,38,46)/t29-,30-/m0/s1. The Bertz CT molecular complexity index is 1740. The van der Waals surface area contributed by atoms with Crippen LogP contribution in [-0.4, -0.2) is 114 Å². The molecule has 16 nitrogen and oxygen atoms in total. The number of amides is 6. The molecule has 0 radical (unpaired) electrons. The molecule has 2 N–H and O–H groups in total. The Morgan fingerprint density at radius 3 is 1.35 bits per heavy atom. The van der Waals surface area contributed by atoms with E-state index in [1.807, 2.05) is 0 Å². The van der Waals surface area contributed by atoms with Gasteiger partial charge < -0.3 is 39.4 Å². The summed E-state index contributed by atoms with van der Waals surface area (Å²) in [5.41, 5.74) is 3.09. The number of benzene rings is 3. The van der Waals surface area contributed by atoms with Gasteiger partial charge in [0, 0.05) is 47.0 Å². The first-order chi connectivity index (χ1) is 25.2. The molecular weight excluding hydrogens is 676 g/mol. The molecule has 0 spiro atoms. The second-order valence-corrected chi connectivity index (χ2v) is 12.5. The molecule has 4 aliphatic rings. The second kappa shape index (κ2) is 15.1. The monoisotopic (exact) mass is 712 g/mol. The number of cyclic esters (lactones) is 2. The average Bonchev–Trinajstić information content (AvgIpc) is 3.74. The number of nitrogens with zero attached hydrogens (tertiary/aromatic N) is 4. The minimum Gasteiger partial charge on any atom is -0.442 e. The SMILES string of the molecule is O=C(NC[C@H]1CN(c2ccc(N3CCOCC3=O)cc2)C(=O)O1)c1cccc(C(=O)NC[C@H]2CN(c3ccc(N4CCOCC4=O)cc3)C(=O)O2)c1. The molecule has 270 valence electrons. The van der Waals surface area contributed by atoms with E-state index in [0.717, 1.165) is 0 Å². The van der Waals surface area contributed by atoms with Crippen molar-refractivity contribution in [3.05, 3.63) is 83.9 Å². The normalized spacial score (nSPS) is 20.5. The van der Waals surface area contributed by atoms with E-state index >= 15 is 0 Å². The summed E-state index contributed by atoms with van der Waals surface area (Å²) < 4.78 is 21.3. The summed E-state index contributed by atoms with van der Waals surface area (Å²) >= 11 is 0. The molecular formula is C36H36N6O10. The van der Waals surface area contributed by atoms with Crippen molar-refractivity contribution in [3.8, 4) is 0 Å². The van der Waals surface area contributed by atoms with Gasteiger partial charge in [-0.05, 0) is 66.7 Å². The molecule has 7 rings (SSSR count). The Balaban J connectivity index is 0.875. The number of morpholine rings is 2. The lowest BCUT2D eigenvalue weighted by atomic mass is 10.1. The molecule has 0 aliphatic carbocycles. The lowest BCUT2D eigenvalue weighted by Gasteiger charge is -2.27. The number of nitrogens with one attached hydrogen (secondary N) is 2. The highest BCUT2D eigenvalue weighted by Gasteiger charge is 2.34. The van der Waals surface area contributed by atoms with Crippen LogP contribution >= 0.6 is 0 Å². The maximum absolute atomic E-state index is 13.0. The first-order valence-corrected chi connectivity index (χ1v) is 16.8. The molecule has 4 saturated heterocycles. The van der Waals surface area contributed by atoms with Crippen LogP contribution in [0.3, 0.4) is 0 Å². The summed E-state index contributed by atoms with van der Waals surface area (Å²) in [6.45, 7) is 2.40. The van der Waals surface area contributed by atoms with Crippen molar-refractivity contribution in [1.82, 2.24) is 10.6 Å². The number of rotatable bonds is 10. The van der Waals surface area contributed by atoms with Crippen LogP contribution < -0.4 is 30.2 Å². The zero-order chi connectivity index (χ0) is 36.2. The predicted molar refractivity (Wildman–Crippen MR) is 186 cm³/mol. The summed E-state index contributed by atoms with van der Waals surface area (Å²) in [7, 11) is 0. The van der Waals surface area contributed by atoms with E-state index in [1.54, 1.807) is 76.5 Å². The van der Waals surface area contributed by atoms with Gasteiger partial charge in [0.05, 0.1) is 39.4 Å². The molecule has 4 aliphatic heterocycles. The predicted octanol–water partition coefficient (Wildman–Crippen LogP) is 1.92. The summed E-state index contributed by atoms with van der Waals surface area (Å²) in [5.74, 6) is -1.16. The van der Waals surface area contributed by atoms with Crippen LogP contribution in [0.15, 0.2) is 72.8 Å². The minimum absolute atomic E-state index is 0.0312. The van der Waals surface area contributed by atoms with Crippen LogP contribution in [0.25, 0.3) is 0 Å². The second-order valence-electron chi connectivity index (χ2n) is 12.5. The molecule has 2 atom stereocenters. The maximum Gasteiger partial charge on any atom is 0.414 e. The first kappa shape index (κ1) is 34.4. The van der Waals surface area contributed by atoms with Gasteiger partial charge in [0.25, 0.3) is 23.6 Å². The summed E-state index contributed by atoms with van der Waals surface area (Å²) in [5, 5.41) is 5.53. The van der Waals surface area contributed by atoms with Gasteiger partial charge in [0.15, 0.2) is 0 Å². The summed E-state index contributed by atoms with van der Waals surface area (Å²) in [6.07, 6.45) is -2.32. The molecule has 0 saturated carbocycles. The van der Waals surface area contributed by atoms with Gasteiger partial charge in [0.2, 0.25) is 0 Å². The van der Waals surface area contributed by atoms with Crippen LogP contribution in [-0.2, 0) is 28.5 Å². The minimum atomic E-state index is -0.607. The number of anilines is 4. The van der Waals surface area contributed by atoms with E-state index < -0.39 is 36.2 Å². The molecule has 3 aromatic carbocycles. The van der Waals surface area contributed by atoms with E-state index in [4.69, 9.17) is 18.9 Å². The van der Waals surface area contributed by atoms with Gasteiger partial charge in [-0.2, -0.15) is 0 Å². The first-order valence-electron chi connectivity index (χ1n) is 16.8. The van der Waals surface area contributed by atoms with Crippen LogP contribution in [0.5, 0.6) is 0 Å². The zero-order valence-corrected chi connectivity index (χ0v) is 28.0. The zero-order valence-electron chi connectivity index (χ0n) is 28.0. The van der Waals surface area contributed by atoms with E-state index in [0.29, 0.717) is 49.1 Å². The largest absolute Gasteiger partial charge is 0.442 e. The van der Waals surface area contributed by atoms with Crippen molar-refractivity contribution in [1.29, 1.82) is 0 Å². The number of ether oxygens (including phenoxy) is 4. The van der Waals surface area contributed by atoms with Crippen LogP contribution in [0.4, 0.5) is 32.3 Å². The number of hydrogen-bond donors (Lipinski definition) is 2. The third-order valence-corrected chi connectivity index (χ3v) is 9.03. The topological polar surface area (TPSA) is 176 Å². The highest BCUT2D eigenvalue weighted by Crippen LogP contribution is 2.27. The van der Waals surface area contributed by atoms with Crippen molar-refractivity contribution >= 4 is 58.6 Å². The Hall–Kier alpha value is -6.00. The van der Waals surface area contributed by atoms with Crippen LogP contribution in [0.1, 0.15) is 20.7 Å². The quantitative estimate of drug-likeness (QED) is 0.316. The van der Waals surface area contributed by atoms with Crippen molar-refractivity contribution in [2.45, 2.75) is 12.2 Å². The van der Waals surface area contributed by atoms with Gasteiger partial charge in [0.1, 0.15) is 25.4 Å². The number of hydrogen-bond acceptors (Lipinski definition) is 10. The van der Waals surface area contributed by atoms with Gasteiger partial charge in [-0.25, -0.2) is 9.59 Å². The smallest absolute Gasteiger partial charge is 0.414 e. The van der Waals surface area contributed by atoms with Gasteiger partial charge in [-0.15, -0.1) is 0 Å². The van der Waals surface area contributed by atoms with Gasteiger partial charge in [-0.1, -0.05) is 6.07 Å². The lowest BCUT2D eigenvalue weighted by molar-refractivity contribution is -0.126. The Kier molecular flexibility index (Phi) is 9.99. The van der Waals surface area contributed by atoms with Crippen molar-refractivity contribution < 1.29 is 47.7 Å². The third-order valence-electron chi connectivity index (χ3n) is 9.03. The van der Waals surface area contributed by atoms with Gasteiger partial charge in [-0.3, -0.25) is 29.0 Å². The molecule has 3 aromatic rings. The number of carbonyl (C=O) groups excluding carboxylic acids is 6. The maximum atomic E-state index is 13.0. The Labute approximate surface area is 298 Å². The fourth-order valence-electron chi connectivity index (χ4n) is 6.30. The Morgan fingerprint density at radius 2 is 0.962 bits per heavy atom.